The van der Waals surface area contributed by atoms with E-state index in [-0.39, 0.29) is 17.8 Å². The molecule has 1 N–H and O–H groups in total. The fourth-order valence-corrected chi connectivity index (χ4v) is 4.15. The number of nitrogens with zero attached hydrogens (tertiary/aromatic N) is 1. The van der Waals surface area contributed by atoms with Crippen molar-refractivity contribution >= 4 is 50.6 Å². The molecule has 0 aliphatic carbocycles. The van der Waals surface area contributed by atoms with Crippen molar-refractivity contribution in [1.29, 1.82) is 0 Å². The maximum absolute atomic E-state index is 12.5. The summed E-state index contributed by atoms with van der Waals surface area (Å²) in [6.45, 7) is 5.92. The number of rotatable bonds is 4. The van der Waals surface area contributed by atoms with Gasteiger partial charge in [-0.25, -0.2) is 0 Å². The molecule has 2 aromatic rings. The third-order valence-electron chi connectivity index (χ3n) is 3.82. The van der Waals surface area contributed by atoms with Crippen LogP contribution < -0.4 is 5.32 Å². The zero-order valence-corrected chi connectivity index (χ0v) is 16.5. The summed E-state index contributed by atoms with van der Waals surface area (Å²) in [5.41, 5.74) is 3.01. The van der Waals surface area contributed by atoms with Crippen LogP contribution in [0.1, 0.15) is 22.6 Å². The summed E-state index contributed by atoms with van der Waals surface area (Å²) < 4.78 is 6.44. The van der Waals surface area contributed by atoms with Crippen molar-refractivity contribution in [2.75, 3.05) is 12.0 Å². The van der Waals surface area contributed by atoms with Gasteiger partial charge < -0.3 is 9.73 Å². The molecular formula is C18H17BrN2O3S. The number of anilines is 1. The first kappa shape index (κ1) is 17.8. The number of halogens is 1. The van der Waals surface area contributed by atoms with Crippen LogP contribution in [0.25, 0.3) is 6.08 Å². The smallest absolute Gasteiger partial charge is 0.295 e. The van der Waals surface area contributed by atoms with E-state index in [0.717, 1.165) is 38.8 Å². The van der Waals surface area contributed by atoms with Crippen LogP contribution in [-0.2, 0) is 4.79 Å². The van der Waals surface area contributed by atoms with Gasteiger partial charge in [0.05, 0.1) is 11.6 Å². The van der Waals surface area contributed by atoms with Crippen LogP contribution in [-0.4, -0.2) is 22.7 Å². The average molecular weight is 421 g/mol. The Bertz CT molecular complexity index is 865. The van der Waals surface area contributed by atoms with Crippen molar-refractivity contribution in [2.45, 2.75) is 20.8 Å². The molecule has 0 spiro atoms. The molecule has 1 aliphatic rings. The van der Waals surface area contributed by atoms with Crippen LogP contribution in [0.15, 0.2) is 38.1 Å². The first-order valence-corrected chi connectivity index (χ1v) is 9.28. The molecule has 0 saturated carbocycles. The van der Waals surface area contributed by atoms with Gasteiger partial charge >= 0.3 is 0 Å². The zero-order chi connectivity index (χ0) is 18.1. The monoisotopic (exact) mass is 420 g/mol. The number of amides is 2. The molecule has 1 aromatic carbocycles. The number of imide groups is 1. The summed E-state index contributed by atoms with van der Waals surface area (Å²) in [5, 5.41) is 2.91. The second-order valence-electron chi connectivity index (χ2n) is 5.81. The fraction of sp³-hybridized carbons (Fsp3) is 0.222. The lowest BCUT2D eigenvalue weighted by Crippen LogP contribution is -2.33. The number of thioether (sulfide) groups is 1. The summed E-state index contributed by atoms with van der Waals surface area (Å²) in [5.74, 6) is 1.01. The van der Waals surface area contributed by atoms with Gasteiger partial charge in [0.25, 0.3) is 11.1 Å². The lowest BCUT2D eigenvalue weighted by molar-refractivity contribution is -0.122. The van der Waals surface area contributed by atoms with Crippen LogP contribution in [0.2, 0.25) is 0 Å². The van der Waals surface area contributed by atoms with E-state index in [2.05, 4.69) is 21.2 Å². The number of carbonyl (C=O) groups excluding carboxylic acids is 2. The Labute approximate surface area is 158 Å². The molecule has 0 atom stereocenters. The highest BCUT2D eigenvalue weighted by Gasteiger charge is 2.35. The first-order valence-electron chi connectivity index (χ1n) is 7.67. The molecule has 130 valence electrons. The highest BCUT2D eigenvalue weighted by atomic mass is 79.9. The summed E-state index contributed by atoms with van der Waals surface area (Å²) in [6.07, 6.45) is 1.61. The van der Waals surface area contributed by atoms with Gasteiger partial charge in [-0.1, -0.05) is 15.9 Å². The number of furan rings is 1. The quantitative estimate of drug-likeness (QED) is 0.699. The van der Waals surface area contributed by atoms with Crippen LogP contribution >= 0.6 is 27.7 Å². The highest BCUT2D eigenvalue weighted by Crippen LogP contribution is 2.33. The zero-order valence-electron chi connectivity index (χ0n) is 14.1. The Hall–Kier alpha value is -1.99. The fourth-order valence-electron chi connectivity index (χ4n) is 2.64. The Morgan fingerprint density at radius 1 is 1.20 bits per heavy atom. The maximum atomic E-state index is 12.5. The summed E-state index contributed by atoms with van der Waals surface area (Å²) >= 11 is 4.38. The van der Waals surface area contributed by atoms with E-state index in [1.807, 2.05) is 39.0 Å². The van der Waals surface area contributed by atoms with Gasteiger partial charge in [-0.2, -0.15) is 0 Å². The van der Waals surface area contributed by atoms with Gasteiger partial charge in [0.2, 0.25) is 0 Å². The highest BCUT2D eigenvalue weighted by molar-refractivity contribution is 9.10. The minimum absolute atomic E-state index is 0.127. The van der Waals surface area contributed by atoms with Crippen molar-refractivity contribution < 1.29 is 14.0 Å². The van der Waals surface area contributed by atoms with E-state index < -0.39 is 0 Å². The molecule has 1 saturated heterocycles. The van der Waals surface area contributed by atoms with Gasteiger partial charge in [-0.15, -0.1) is 0 Å². The third kappa shape index (κ3) is 3.82. The molecule has 3 rings (SSSR count). The lowest BCUT2D eigenvalue weighted by atomic mass is 10.1. The Balaban J connectivity index is 1.75. The average Bonchev–Trinajstić information content (AvgIpc) is 3.04. The molecule has 25 heavy (non-hydrogen) atoms. The van der Waals surface area contributed by atoms with E-state index in [9.17, 15) is 9.59 Å². The van der Waals surface area contributed by atoms with Crippen LogP contribution in [0.3, 0.4) is 0 Å². The Kier molecular flexibility index (Phi) is 5.06. The number of carbonyl (C=O) groups is 2. The topological polar surface area (TPSA) is 62.6 Å². The summed E-state index contributed by atoms with van der Waals surface area (Å²) in [6, 6.07) is 7.57. The van der Waals surface area contributed by atoms with Crippen molar-refractivity contribution in [3.05, 3.63) is 56.3 Å². The maximum Gasteiger partial charge on any atom is 0.295 e. The normalized spacial score (nSPS) is 16.2. The molecule has 1 aromatic heterocycles. The second kappa shape index (κ2) is 7.09. The largest absolute Gasteiger partial charge is 0.462 e. The van der Waals surface area contributed by atoms with Gasteiger partial charge in [0.1, 0.15) is 11.5 Å². The molecule has 1 aliphatic heterocycles. The van der Waals surface area contributed by atoms with E-state index in [4.69, 9.17) is 4.42 Å². The van der Waals surface area contributed by atoms with E-state index in [1.54, 1.807) is 12.1 Å². The van der Waals surface area contributed by atoms with Crippen molar-refractivity contribution in [3.8, 4) is 0 Å². The van der Waals surface area contributed by atoms with E-state index in [1.165, 1.54) is 4.90 Å². The van der Waals surface area contributed by atoms with Crippen molar-refractivity contribution in [3.63, 3.8) is 0 Å². The van der Waals surface area contributed by atoms with Crippen LogP contribution in [0.4, 0.5) is 10.5 Å². The third-order valence-corrected chi connectivity index (χ3v) is 5.18. The van der Waals surface area contributed by atoms with Crippen LogP contribution in [0.5, 0.6) is 0 Å². The number of benzene rings is 1. The van der Waals surface area contributed by atoms with E-state index in [0.29, 0.717) is 10.7 Å². The standard InChI is InChI=1S/C18H17BrN2O3S/c1-10-6-13(19)7-11(2)16(10)20-9-21-17(22)15(25-18(21)23)8-14-5-4-12(3)24-14/h4-8,20H,9H2,1-3H3/b15-8-. The van der Waals surface area contributed by atoms with E-state index >= 15 is 0 Å². The number of hydrogen-bond acceptors (Lipinski definition) is 5. The molecule has 5 nitrogen and oxygen atoms in total. The lowest BCUT2D eigenvalue weighted by Gasteiger charge is -2.18. The predicted molar refractivity (Wildman–Crippen MR) is 103 cm³/mol. The van der Waals surface area contributed by atoms with Gasteiger partial charge in [-0.3, -0.25) is 14.5 Å². The Morgan fingerprint density at radius 2 is 1.88 bits per heavy atom. The molecule has 0 unspecified atom stereocenters. The number of nitrogens with one attached hydrogen (secondary N) is 1. The molecule has 0 radical (unpaired) electrons. The summed E-state index contributed by atoms with van der Waals surface area (Å²) in [4.78, 5) is 26.3. The number of hydrogen-bond donors (Lipinski definition) is 1. The molecule has 0 bridgehead atoms. The predicted octanol–water partition coefficient (Wildman–Crippen LogP) is 5.07. The van der Waals surface area contributed by atoms with Crippen molar-refractivity contribution in [2.24, 2.45) is 0 Å². The second-order valence-corrected chi connectivity index (χ2v) is 7.72. The van der Waals surface area contributed by atoms with Crippen LogP contribution in [0, 0.1) is 20.8 Å². The molecule has 2 amide bonds. The Morgan fingerprint density at radius 3 is 2.48 bits per heavy atom. The molecule has 1 fully saturated rings. The first-order chi connectivity index (χ1) is 11.8. The van der Waals surface area contributed by atoms with Crippen molar-refractivity contribution in [1.82, 2.24) is 4.90 Å². The molecular weight excluding hydrogens is 404 g/mol. The minimum atomic E-state index is -0.316. The summed E-state index contributed by atoms with van der Waals surface area (Å²) in [7, 11) is 0. The van der Waals surface area contributed by atoms with Gasteiger partial charge in [0, 0.05) is 16.2 Å². The minimum Gasteiger partial charge on any atom is -0.462 e. The van der Waals surface area contributed by atoms with Gasteiger partial charge in [0.15, 0.2) is 0 Å². The molecule has 7 heteroatoms. The van der Waals surface area contributed by atoms with Gasteiger partial charge in [-0.05, 0) is 67.9 Å². The number of aryl methyl sites for hydroxylation is 3. The SMILES string of the molecule is Cc1ccc(/C=C2\SC(=O)N(CNc3c(C)cc(Br)cc3C)C2=O)o1. The molecule has 2 heterocycles.